The van der Waals surface area contributed by atoms with Crippen LogP contribution < -0.4 is 10.6 Å². The lowest BCUT2D eigenvalue weighted by Crippen LogP contribution is -2.56. The lowest BCUT2D eigenvalue weighted by Gasteiger charge is -2.36. The average Bonchev–Trinajstić information content (AvgIpc) is 3.55. The Morgan fingerprint density at radius 3 is 2.10 bits per heavy atom. The van der Waals surface area contributed by atoms with Crippen LogP contribution in [0.25, 0.3) is 0 Å². The van der Waals surface area contributed by atoms with Gasteiger partial charge in [-0.15, -0.1) is 6.42 Å². The number of alkyl carbamates (subject to hydrolysis) is 1. The van der Waals surface area contributed by atoms with E-state index in [1.165, 1.54) is 0 Å². The molecular weight excluding hydrogens is 490 g/mol. The molecule has 3 rings (SSSR count). The van der Waals surface area contributed by atoms with Gasteiger partial charge < -0.3 is 20.3 Å². The number of benzene rings is 2. The fraction of sp³-hybridized carbons (Fsp3) is 0.469. The Hall–Kier alpha value is -3.79. The number of hydrogen-bond acceptors (Lipinski definition) is 4. The number of nitrogens with zero attached hydrogens (tertiary/aromatic N) is 1. The summed E-state index contributed by atoms with van der Waals surface area (Å²) in [6.07, 6.45) is 5.89. The first-order valence-corrected chi connectivity index (χ1v) is 13.4. The Labute approximate surface area is 232 Å². The summed E-state index contributed by atoms with van der Waals surface area (Å²) in [6, 6.07) is 14.6. The summed E-state index contributed by atoms with van der Waals surface area (Å²) in [5.74, 6) is 2.18. The summed E-state index contributed by atoms with van der Waals surface area (Å²) in [4.78, 5) is 42.8. The van der Waals surface area contributed by atoms with E-state index in [9.17, 15) is 14.4 Å². The number of terminal acetylenes is 1. The number of carbonyl (C=O) groups is 3. The predicted molar refractivity (Wildman–Crippen MR) is 153 cm³/mol. The molecule has 2 aromatic rings. The van der Waals surface area contributed by atoms with E-state index in [0.29, 0.717) is 11.1 Å². The van der Waals surface area contributed by atoms with Crippen LogP contribution in [-0.2, 0) is 20.7 Å². The van der Waals surface area contributed by atoms with E-state index >= 15 is 0 Å². The lowest BCUT2D eigenvalue weighted by atomic mass is 9.98. The minimum atomic E-state index is -0.940. The number of rotatable bonds is 8. The molecular formula is C32H41N3O4. The fourth-order valence-corrected chi connectivity index (χ4v) is 4.49. The molecule has 4 unspecified atom stereocenters. The first-order chi connectivity index (χ1) is 18.2. The highest BCUT2D eigenvalue weighted by atomic mass is 16.6. The normalized spacial score (nSPS) is 18.2. The molecule has 1 fully saturated rings. The van der Waals surface area contributed by atoms with Crippen molar-refractivity contribution in [1.82, 2.24) is 15.5 Å². The highest BCUT2D eigenvalue weighted by molar-refractivity contribution is 5.93. The molecule has 7 heteroatoms. The zero-order valence-electron chi connectivity index (χ0n) is 24.1. The first-order valence-electron chi connectivity index (χ1n) is 13.4. The van der Waals surface area contributed by atoms with Crippen LogP contribution in [0.3, 0.4) is 0 Å². The quantitative estimate of drug-likeness (QED) is 0.470. The van der Waals surface area contributed by atoms with Crippen LogP contribution in [0.2, 0.25) is 0 Å². The molecule has 0 aromatic heterocycles. The maximum atomic E-state index is 14.4. The van der Waals surface area contributed by atoms with Gasteiger partial charge in [0.05, 0.1) is 0 Å². The number of carbonyl (C=O) groups excluding carboxylic acids is 3. The lowest BCUT2D eigenvalue weighted by molar-refractivity contribution is -0.144. The Kier molecular flexibility index (Phi) is 9.11. The van der Waals surface area contributed by atoms with Gasteiger partial charge in [-0.1, -0.05) is 55.3 Å². The highest BCUT2D eigenvalue weighted by Crippen LogP contribution is 2.41. The van der Waals surface area contributed by atoms with Gasteiger partial charge in [-0.3, -0.25) is 9.59 Å². The summed E-state index contributed by atoms with van der Waals surface area (Å²) in [7, 11) is 0. The fourth-order valence-electron chi connectivity index (χ4n) is 4.49. The van der Waals surface area contributed by atoms with Crippen LogP contribution in [-0.4, -0.2) is 46.0 Å². The third kappa shape index (κ3) is 8.61. The maximum Gasteiger partial charge on any atom is 0.408 e. The zero-order valence-corrected chi connectivity index (χ0v) is 24.1. The van der Waals surface area contributed by atoms with Gasteiger partial charge in [0, 0.05) is 23.6 Å². The van der Waals surface area contributed by atoms with Crippen LogP contribution in [0.4, 0.5) is 4.79 Å². The topological polar surface area (TPSA) is 87.7 Å². The van der Waals surface area contributed by atoms with Crippen LogP contribution in [0.5, 0.6) is 0 Å². The summed E-state index contributed by atoms with van der Waals surface area (Å²) < 4.78 is 5.50. The molecule has 1 aliphatic carbocycles. The minimum Gasteiger partial charge on any atom is -0.444 e. The molecule has 2 aromatic carbocycles. The second-order valence-electron chi connectivity index (χ2n) is 12.3. The van der Waals surface area contributed by atoms with Crippen molar-refractivity contribution in [3.05, 3.63) is 71.3 Å². The van der Waals surface area contributed by atoms with Crippen molar-refractivity contribution in [2.75, 3.05) is 0 Å². The van der Waals surface area contributed by atoms with Crippen LogP contribution >= 0.6 is 0 Å². The molecule has 7 nitrogen and oxygen atoms in total. The van der Waals surface area contributed by atoms with Crippen molar-refractivity contribution < 1.29 is 19.1 Å². The van der Waals surface area contributed by atoms with Gasteiger partial charge in [-0.25, -0.2) is 4.79 Å². The molecule has 4 atom stereocenters. The first kappa shape index (κ1) is 29.8. The van der Waals surface area contributed by atoms with Crippen molar-refractivity contribution in [1.29, 1.82) is 0 Å². The van der Waals surface area contributed by atoms with Crippen LogP contribution in [0.1, 0.15) is 77.6 Å². The number of amides is 3. The minimum absolute atomic E-state index is 0.153. The number of ether oxygens (including phenoxy) is 1. The van der Waals surface area contributed by atoms with Gasteiger partial charge in [0.2, 0.25) is 11.8 Å². The Balaban J connectivity index is 2.06. The van der Waals surface area contributed by atoms with Crippen LogP contribution in [0.15, 0.2) is 54.6 Å². The summed E-state index contributed by atoms with van der Waals surface area (Å²) in [6.45, 7) is 13.1. The van der Waals surface area contributed by atoms with E-state index in [4.69, 9.17) is 11.2 Å². The van der Waals surface area contributed by atoms with Gasteiger partial charge in [0.15, 0.2) is 0 Å². The third-order valence-electron chi connectivity index (χ3n) is 6.37. The molecule has 0 spiro atoms. The van der Waals surface area contributed by atoms with E-state index in [2.05, 4.69) is 23.5 Å². The van der Waals surface area contributed by atoms with E-state index in [-0.39, 0.29) is 30.2 Å². The summed E-state index contributed by atoms with van der Waals surface area (Å²) >= 11 is 0. The van der Waals surface area contributed by atoms with Crippen LogP contribution in [0, 0.1) is 18.3 Å². The number of nitrogens with one attached hydrogen (secondary N) is 2. The molecule has 3 amide bonds. The Morgan fingerprint density at radius 2 is 1.62 bits per heavy atom. The molecule has 0 saturated heterocycles. The van der Waals surface area contributed by atoms with E-state index < -0.39 is 29.3 Å². The predicted octanol–water partition coefficient (Wildman–Crippen LogP) is 5.00. The van der Waals surface area contributed by atoms with Crippen molar-refractivity contribution in [3.63, 3.8) is 0 Å². The smallest absolute Gasteiger partial charge is 0.408 e. The standard InChI is InChI=1S/C32H41N3O4/c1-9-22-15-17-24(18-16-22)27(28(36)34-31(3,4)5)35(26-19-21(26)2)29(37)25(20-23-13-11-10-12-14-23)33-30(38)39-32(6,7)8/h1,10-18,21,25-27H,19-20H2,2-8H3,(H,33,38)(H,34,36). The summed E-state index contributed by atoms with van der Waals surface area (Å²) in [5.41, 5.74) is 0.961. The molecule has 2 N–H and O–H groups in total. The molecule has 0 radical (unpaired) electrons. The number of hydrogen-bond donors (Lipinski definition) is 2. The van der Waals surface area contributed by atoms with Crippen molar-refractivity contribution >= 4 is 17.9 Å². The second kappa shape index (κ2) is 11.9. The Bertz CT molecular complexity index is 1200. The van der Waals surface area contributed by atoms with Crippen molar-refractivity contribution in [2.45, 2.75) is 90.6 Å². The highest BCUT2D eigenvalue weighted by Gasteiger charge is 2.48. The van der Waals surface area contributed by atoms with Crippen molar-refractivity contribution in [2.24, 2.45) is 5.92 Å². The largest absolute Gasteiger partial charge is 0.444 e. The van der Waals surface area contributed by atoms with Crippen molar-refractivity contribution in [3.8, 4) is 12.3 Å². The monoisotopic (exact) mass is 531 g/mol. The summed E-state index contributed by atoms with van der Waals surface area (Å²) in [5, 5.41) is 5.86. The average molecular weight is 532 g/mol. The van der Waals surface area contributed by atoms with Gasteiger partial charge >= 0.3 is 6.09 Å². The van der Waals surface area contributed by atoms with Gasteiger partial charge in [0.25, 0.3) is 0 Å². The van der Waals surface area contributed by atoms with Gasteiger partial charge in [0.1, 0.15) is 17.7 Å². The molecule has 208 valence electrons. The molecule has 1 saturated carbocycles. The SMILES string of the molecule is C#Cc1ccc(C(C(=O)NC(C)(C)C)N(C(=O)C(Cc2ccccc2)NC(=O)OC(C)(C)C)C2CC2C)cc1. The molecule has 0 heterocycles. The van der Waals surface area contributed by atoms with E-state index in [1.54, 1.807) is 49.9 Å². The van der Waals surface area contributed by atoms with Gasteiger partial charge in [-0.05, 0) is 77.1 Å². The molecule has 0 aliphatic heterocycles. The third-order valence-corrected chi connectivity index (χ3v) is 6.37. The van der Waals surface area contributed by atoms with E-state index in [1.807, 2.05) is 51.1 Å². The second-order valence-corrected chi connectivity index (χ2v) is 12.3. The zero-order chi connectivity index (χ0) is 29.0. The Morgan fingerprint density at radius 1 is 1.03 bits per heavy atom. The maximum absolute atomic E-state index is 14.4. The van der Waals surface area contributed by atoms with Gasteiger partial charge in [-0.2, -0.15) is 0 Å². The van der Waals surface area contributed by atoms with E-state index in [0.717, 1.165) is 12.0 Å². The molecule has 0 bridgehead atoms. The molecule has 39 heavy (non-hydrogen) atoms. The molecule has 1 aliphatic rings.